The average Bonchev–Trinajstić information content (AvgIpc) is 2.08. The third-order valence-corrected chi connectivity index (χ3v) is 4.01. The van der Waals surface area contributed by atoms with E-state index < -0.39 is 0 Å². The summed E-state index contributed by atoms with van der Waals surface area (Å²) in [7, 11) is 0. The van der Waals surface area contributed by atoms with Gasteiger partial charge in [0, 0.05) is 12.1 Å². The lowest BCUT2D eigenvalue weighted by molar-refractivity contribution is -0.133. The minimum absolute atomic E-state index is 0.0200. The number of amides is 1. The number of hydrogen-bond acceptors (Lipinski definition) is 1. The summed E-state index contributed by atoms with van der Waals surface area (Å²) in [6, 6.07) is 0. The molecule has 1 unspecified atom stereocenters. The van der Waals surface area contributed by atoms with Gasteiger partial charge in [0.05, 0.1) is 0 Å². The summed E-state index contributed by atoms with van der Waals surface area (Å²) in [5, 5.41) is 0. The number of carbonyl (C=O) groups is 1. The van der Waals surface area contributed by atoms with E-state index in [1.54, 1.807) is 0 Å². The number of carbonyl (C=O) groups excluding carboxylic acids is 1. The molecule has 1 fully saturated rings. The van der Waals surface area contributed by atoms with E-state index in [0.29, 0.717) is 11.8 Å². The SMILES string of the molecule is CC(C)C1CC(C)(C)N(C=O)CC1(C)C. The molecule has 1 amide bonds. The summed E-state index contributed by atoms with van der Waals surface area (Å²) in [4.78, 5) is 13.0. The Hall–Kier alpha value is -0.530. The van der Waals surface area contributed by atoms with Crippen LogP contribution in [0, 0.1) is 17.3 Å². The quantitative estimate of drug-likeness (QED) is 0.643. The first kappa shape index (κ1) is 12.5. The second-order valence-corrected chi connectivity index (χ2v) is 6.59. The number of hydrogen-bond donors (Lipinski definition) is 0. The molecule has 1 atom stereocenters. The van der Waals surface area contributed by atoms with Gasteiger partial charge < -0.3 is 4.90 Å². The molecule has 1 aliphatic heterocycles. The molecule has 0 aromatic heterocycles. The molecule has 1 aliphatic rings. The average molecular weight is 211 g/mol. The van der Waals surface area contributed by atoms with Crippen molar-refractivity contribution in [3.05, 3.63) is 0 Å². The van der Waals surface area contributed by atoms with Crippen LogP contribution in [0.4, 0.5) is 0 Å². The number of likely N-dealkylation sites (tertiary alicyclic amines) is 1. The standard InChI is InChI=1S/C13H25NO/c1-10(2)11-7-13(5,6)14(9-15)8-12(11,3)4/h9-11H,7-8H2,1-6H3. The second-order valence-electron chi connectivity index (χ2n) is 6.59. The van der Waals surface area contributed by atoms with Crippen LogP contribution in [-0.2, 0) is 4.79 Å². The topological polar surface area (TPSA) is 20.3 Å². The maximum Gasteiger partial charge on any atom is 0.210 e. The van der Waals surface area contributed by atoms with Crippen LogP contribution in [0.25, 0.3) is 0 Å². The van der Waals surface area contributed by atoms with E-state index in [9.17, 15) is 4.79 Å². The zero-order valence-corrected chi connectivity index (χ0v) is 11.0. The van der Waals surface area contributed by atoms with Crippen molar-refractivity contribution >= 4 is 6.41 Å². The Morgan fingerprint density at radius 1 is 1.27 bits per heavy atom. The van der Waals surface area contributed by atoms with Crippen LogP contribution in [0.5, 0.6) is 0 Å². The van der Waals surface area contributed by atoms with Crippen molar-refractivity contribution in [2.75, 3.05) is 6.54 Å². The third-order valence-electron chi connectivity index (χ3n) is 4.01. The van der Waals surface area contributed by atoms with E-state index in [0.717, 1.165) is 19.4 Å². The summed E-state index contributed by atoms with van der Waals surface area (Å²) in [6.07, 6.45) is 2.12. The third kappa shape index (κ3) is 2.35. The smallest absolute Gasteiger partial charge is 0.210 e. The van der Waals surface area contributed by atoms with Gasteiger partial charge in [0.15, 0.2) is 0 Å². The van der Waals surface area contributed by atoms with Crippen molar-refractivity contribution in [3.63, 3.8) is 0 Å². The first-order valence-electron chi connectivity index (χ1n) is 5.93. The highest BCUT2D eigenvalue weighted by Crippen LogP contribution is 2.45. The van der Waals surface area contributed by atoms with Crippen LogP contribution < -0.4 is 0 Å². The Kier molecular flexibility index (Phi) is 3.18. The summed E-state index contributed by atoms with van der Waals surface area (Å²) in [5.74, 6) is 1.39. The van der Waals surface area contributed by atoms with Gasteiger partial charge >= 0.3 is 0 Å². The van der Waals surface area contributed by atoms with E-state index in [1.165, 1.54) is 0 Å². The molecule has 0 aromatic rings. The van der Waals surface area contributed by atoms with Gasteiger partial charge in [-0.2, -0.15) is 0 Å². The van der Waals surface area contributed by atoms with E-state index in [1.807, 2.05) is 4.90 Å². The predicted molar refractivity (Wildman–Crippen MR) is 63.6 cm³/mol. The van der Waals surface area contributed by atoms with Gasteiger partial charge in [-0.15, -0.1) is 0 Å². The summed E-state index contributed by atoms with van der Waals surface area (Å²) < 4.78 is 0. The molecule has 0 aromatic carbocycles. The molecule has 1 heterocycles. The summed E-state index contributed by atoms with van der Waals surface area (Å²) in [6.45, 7) is 14.4. The van der Waals surface area contributed by atoms with Gasteiger partial charge in [0.25, 0.3) is 0 Å². The molecular weight excluding hydrogens is 186 g/mol. The lowest BCUT2D eigenvalue weighted by Crippen LogP contribution is -2.57. The molecule has 2 nitrogen and oxygen atoms in total. The minimum Gasteiger partial charge on any atom is -0.340 e. The molecule has 15 heavy (non-hydrogen) atoms. The van der Waals surface area contributed by atoms with Crippen molar-refractivity contribution in [1.29, 1.82) is 0 Å². The lowest BCUT2D eigenvalue weighted by Gasteiger charge is -2.53. The van der Waals surface area contributed by atoms with Crippen LogP contribution in [0.1, 0.15) is 48.0 Å². The lowest BCUT2D eigenvalue weighted by atomic mass is 9.64. The first-order chi connectivity index (χ1) is 6.70. The van der Waals surface area contributed by atoms with E-state index >= 15 is 0 Å². The molecule has 0 N–H and O–H groups in total. The fourth-order valence-corrected chi connectivity index (χ4v) is 3.02. The van der Waals surface area contributed by atoms with Gasteiger partial charge in [0.1, 0.15) is 0 Å². The molecular formula is C13H25NO. The molecule has 1 saturated heterocycles. The van der Waals surface area contributed by atoms with Gasteiger partial charge in [0.2, 0.25) is 6.41 Å². The van der Waals surface area contributed by atoms with E-state index in [4.69, 9.17) is 0 Å². The molecule has 0 bridgehead atoms. The van der Waals surface area contributed by atoms with Crippen LogP contribution in [0.15, 0.2) is 0 Å². The molecule has 0 saturated carbocycles. The van der Waals surface area contributed by atoms with Crippen LogP contribution in [0.3, 0.4) is 0 Å². The van der Waals surface area contributed by atoms with Gasteiger partial charge in [-0.25, -0.2) is 0 Å². The number of rotatable bonds is 2. The Bertz CT molecular complexity index is 243. The Labute approximate surface area is 94.0 Å². The summed E-state index contributed by atoms with van der Waals surface area (Å²) >= 11 is 0. The molecule has 0 radical (unpaired) electrons. The van der Waals surface area contributed by atoms with Gasteiger partial charge in [-0.3, -0.25) is 4.79 Å². The van der Waals surface area contributed by atoms with Crippen LogP contribution in [0.2, 0.25) is 0 Å². The summed E-state index contributed by atoms with van der Waals surface area (Å²) in [5.41, 5.74) is 0.261. The van der Waals surface area contributed by atoms with Crippen molar-refractivity contribution in [3.8, 4) is 0 Å². The maximum absolute atomic E-state index is 11.1. The monoisotopic (exact) mass is 211 g/mol. The Morgan fingerprint density at radius 2 is 1.80 bits per heavy atom. The fraction of sp³-hybridized carbons (Fsp3) is 0.923. The molecule has 2 heteroatoms. The number of piperidine rings is 1. The zero-order chi connectivity index (χ0) is 11.9. The van der Waals surface area contributed by atoms with Gasteiger partial charge in [-0.05, 0) is 37.5 Å². The van der Waals surface area contributed by atoms with E-state index in [-0.39, 0.29) is 11.0 Å². The van der Waals surface area contributed by atoms with Crippen molar-refractivity contribution in [2.45, 2.75) is 53.5 Å². The number of nitrogens with zero attached hydrogens (tertiary/aromatic N) is 1. The molecule has 88 valence electrons. The maximum atomic E-state index is 11.1. The largest absolute Gasteiger partial charge is 0.340 e. The molecule has 0 spiro atoms. The minimum atomic E-state index is 0.0200. The van der Waals surface area contributed by atoms with Gasteiger partial charge in [-0.1, -0.05) is 27.7 Å². The Balaban J connectivity index is 2.93. The van der Waals surface area contributed by atoms with Crippen LogP contribution in [-0.4, -0.2) is 23.4 Å². The fourth-order valence-electron chi connectivity index (χ4n) is 3.02. The van der Waals surface area contributed by atoms with E-state index in [2.05, 4.69) is 41.5 Å². The predicted octanol–water partition coefficient (Wildman–Crippen LogP) is 2.93. The first-order valence-corrected chi connectivity index (χ1v) is 5.93. The molecule has 1 rings (SSSR count). The van der Waals surface area contributed by atoms with Crippen LogP contribution >= 0.6 is 0 Å². The highest BCUT2D eigenvalue weighted by molar-refractivity contribution is 5.49. The normalized spacial score (nSPS) is 29.3. The molecule has 0 aliphatic carbocycles. The van der Waals surface area contributed by atoms with Crippen molar-refractivity contribution in [2.24, 2.45) is 17.3 Å². The Morgan fingerprint density at radius 3 is 2.20 bits per heavy atom. The highest BCUT2D eigenvalue weighted by atomic mass is 16.1. The zero-order valence-electron chi connectivity index (χ0n) is 11.0. The van der Waals surface area contributed by atoms with Crippen molar-refractivity contribution in [1.82, 2.24) is 4.90 Å². The van der Waals surface area contributed by atoms with Crippen molar-refractivity contribution < 1.29 is 4.79 Å². The highest BCUT2D eigenvalue weighted by Gasteiger charge is 2.45. The second kappa shape index (κ2) is 3.80.